The van der Waals surface area contributed by atoms with Crippen LogP contribution in [0.4, 0.5) is 10.8 Å². The number of nitrogens with one attached hydrogen (secondary N) is 3. The molecule has 2 amide bonds. The van der Waals surface area contributed by atoms with E-state index in [4.69, 9.17) is 0 Å². The summed E-state index contributed by atoms with van der Waals surface area (Å²) in [5.41, 5.74) is 2.51. The van der Waals surface area contributed by atoms with Gasteiger partial charge in [0.05, 0.1) is 5.69 Å². The molecule has 1 aliphatic rings. The van der Waals surface area contributed by atoms with E-state index in [0.717, 1.165) is 30.0 Å². The number of carbonyl (C=O) groups excluding carboxylic acids is 2. The zero-order valence-corrected chi connectivity index (χ0v) is 16.6. The number of thiazole rings is 1. The van der Waals surface area contributed by atoms with Crippen LogP contribution in [0.15, 0.2) is 29.6 Å². The molecule has 27 heavy (non-hydrogen) atoms. The minimum atomic E-state index is -0.0976. The quantitative estimate of drug-likeness (QED) is 0.706. The smallest absolute Gasteiger partial charge is 0.226 e. The van der Waals surface area contributed by atoms with E-state index < -0.39 is 0 Å². The predicted octanol–water partition coefficient (Wildman–Crippen LogP) is 3.73. The van der Waals surface area contributed by atoms with Crippen LogP contribution in [0.2, 0.25) is 0 Å². The van der Waals surface area contributed by atoms with Gasteiger partial charge in [0, 0.05) is 30.0 Å². The average molecular weight is 387 g/mol. The van der Waals surface area contributed by atoms with Gasteiger partial charge in [-0.15, -0.1) is 11.3 Å². The van der Waals surface area contributed by atoms with Crippen molar-refractivity contribution >= 4 is 34.0 Å². The summed E-state index contributed by atoms with van der Waals surface area (Å²) in [6.45, 7) is 5.73. The van der Waals surface area contributed by atoms with Crippen molar-refractivity contribution in [2.75, 3.05) is 23.7 Å². The van der Waals surface area contributed by atoms with Crippen LogP contribution in [0, 0.1) is 11.8 Å². The number of rotatable bonds is 6. The highest BCUT2D eigenvalue weighted by Gasteiger charge is 2.22. The number of piperidine rings is 1. The first-order valence-electron chi connectivity index (χ1n) is 9.35. The summed E-state index contributed by atoms with van der Waals surface area (Å²) in [6, 6.07) is 7.50. The summed E-state index contributed by atoms with van der Waals surface area (Å²) in [5, 5.41) is 11.6. The van der Waals surface area contributed by atoms with E-state index in [1.807, 2.05) is 29.6 Å². The van der Waals surface area contributed by atoms with Crippen molar-refractivity contribution in [2.24, 2.45) is 11.8 Å². The molecule has 3 N–H and O–H groups in total. The maximum Gasteiger partial charge on any atom is 0.226 e. The first-order chi connectivity index (χ1) is 13.0. The lowest BCUT2D eigenvalue weighted by Gasteiger charge is -2.27. The molecule has 0 bridgehead atoms. The van der Waals surface area contributed by atoms with Crippen molar-refractivity contribution in [3.8, 4) is 11.3 Å². The Bertz CT molecular complexity index is 782. The number of hydrogen-bond donors (Lipinski definition) is 3. The van der Waals surface area contributed by atoms with Crippen LogP contribution in [0.3, 0.4) is 0 Å². The Balaban J connectivity index is 1.55. The number of hydrogen-bond acceptors (Lipinski definition) is 5. The Morgan fingerprint density at radius 2 is 2.07 bits per heavy atom. The molecule has 1 saturated heterocycles. The van der Waals surface area contributed by atoms with E-state index in [2.05, 4.69) is 27.9 Å². The Labute approximate surface area is 163 Å². The molecule has 0 saturated carbocycles. The van der Waals surface area contributed by atoms with E-state index >= 15 is 0 Å². The highest BCUT2D eigenvalue weighted by atomic mass is 32.1. The molecule has 2 atom stereocenters. The molecule has 144 valence electrons. The van der Waals surface area contributed by atoms with E-state index in [0.29, 0.717) is 23.4 Å². The van der Waals surface area contributed by atoms with E-state index in [1.54, 1.807) is 0 Å². The van der Waals surface area contributed by atoms with Crippen molar-refractivity contribution < 1.29 is 9.59 Å². The van der Waals surface area contributed by atoms with Gasteiger partial charge in [0.1, 0.15) is 0 Å². The van der Waals surface area contributed by atoms with E-state index in [9.17, 15) is 9.59 Å². The van der Waals surface area contributed by atoms with Crippen molar-refractivity contribution in [2.45, 2.75) is 33.1 Å². The van der Waals surface area contributed by atoms with Crippen LogP contribution in [0.5, 0.6) is 0 Å². The average Bonchev–Trinajstić information content (AvgIpc) is 3.11. The minimum absolute atomic E-state index is 0.0231. The molecule has 2 unspecified atom stereocenters. The lowest BCUT2D eigenvalue weighted by molar-refractivity contribution is -0.117. The van der Waals surface area contributed by atoms with Gasteiger partial charge < -0.3 is 16.0 Å². The molecule has 3 rings (SSSR count). The Kier molecular flexibility index (Phi) is 6.58. The highest BCUT2D eigenvalue weighted by Crippen LogP contribution is 2.27. The Morgan fingerprint density at radius 3 is 2.74 bits per heavy atom. The number of anilines is 2. The second-order valence-corrected chi connectivity index (χ2v) is 7.99. The van der Waals surface area contributed by atoms with E-state index in [-0.39, 0.29) is 11.8 Å². The Hall–Kier alpha value is -2.25. The summed E-state index contributed by atoms with van der Waals surface area (Å²) in [6.07, 6.45) is 2.90. The van der Waals surface area contributed by atoms with Crippen molar-refractivity contribution in [3.63, 3.8) is 0 Å². The Morgan fingerprint density at radius 1 is 1.30 bits per heavy atom. The van der Waals surface area contributed by atoms with E-state index in [1.165, 1.54) is 31.1 Å². The molecular weight excluding hydrogens is 360 g/mol. The van der Waals surface area contributed by atoms with Gasteiger partial charge in [-0.1, -0.05) is 19.1 Å². The van der Waals surface area contributed by atoms with Crippen LogP contribution in [0.25, 0.3) is 11.3 Å². The third kappa shape index (κ3) is 5.61. The number of aromatic nitrogens is 1. The van der Waals surface area contributed by atoms with Crippen molar-refractivity contribution in [1.29, 1.82) is 0 Å². The summed E-state index contributed by atoms with van der Waals surface area (Å²) in [5.74, 6) is 0.853. The van der Waals surface area contributed by atoms with Gasteiger partial charge in [0.25, 0.3) is 0 Å². The van der Waals surface area contributed by atoms with Crippen molar-refractivity contribution in [3.05, 3.63) is 29.6 Å². The lowest BCUT2D eigenvalue weighted by atomic mass is 9.85. The molecule has 1 aromatic heterocycles. The molecule has 2 heterocycles. The zero-order valence-electron chi connectivity index (χ0n) is 15.7. The van der Waals surface area contributed by atoms with Crippen LogP contribution >= 0.6 is 11.3 Å². The van der Waals surface area contributed by atoms with Crippen LogP contribution < -0.4 is 16.0 Å². The first-order valence-corrected chi connectivity index (χ1v) is 10.2. The maximum absolute atomic E-state index is 12.4. The molecule has 1 fully saturated rings. The fraction of sp³-hybridized carbons (Fsp3) is 0.450. The third-order valence-corrected chi connectivity index (χ3v) is 5.66. The predicted molar refractivity (Wildman–Crippen MR) is 110 cm³/mol. The van der Waals surface area contributed by atoms with Gasteiger partial charge >= 0.3 is 0 Å². The van der Waals surface area contributed by atoms with Gasteiger partial charge in [0.2, 0.25) is 11.8 Å². The molecule has 7 heteroatoms. The van der Waals surface area contributed by atoms with Gasteiger partial charge in [-0.3, -0.25) is 9.59 Å². The fourth-order valence-corrected chi connectivity index (χ4v) is 4.12. The van der Waals surface area contributed by atoms with Gasteiger partial charge in [0.15, 0.2) is 5.13 Å². The normalized spacial score (nSPS) is 17.9. The lowest BCUT2D eigenvalue weighted by Crippen LogP contribution is -2.34. The maximum atomic E-state index is 12.4. The molecule has 1 aromatic carbocycles. The van der Waals surface area contributed by atoms with Crippen LogP contribution in [0.1, 0.15) is 33.1 Å². The minimum Gasteiger partial charge on any atom is -0.326 e. The van der Waals surface area contributed by atoms with Gasteiger partial charge in [-0.25, -0.2) is 4.98 Å². The molecular formula is C20H26N4O2S. The van der Waals surface area contributed by atoms with Crippen LogP contribution in [-0.4, -0.2) is 29.9 Å². The second-order valence-electron chi connectivity index (χ2n) is 7.13. The fourth-order valence-electron chi connectivity index (χ4n) is 3.39. The summed E-state index contributed by atoms with van der Waals surface area (Å²) < 4.78 is 0. The standard InChI is InChI=1S/C20H26N4O2S/c1-13(16-4-3-9-21-11-16)10-19(26)24-20-23-18(12-27-20)15-5-7-17(8-6-15)22-14(2)25/h5-8,12-13,16,21H,3-4,9-11H2,1-2H3,(H,22,25)(H,23,24,26). The number of nitrogens with zero attached hydrogens (tertiary/aromatic N) is 1. The number of carbonyl (C=O) groups is 2. The molecule has 0 spiro atoms. The third-order valence-electron chi connectivity index (χ3n) is 4.90. The molecule has 2 aromatic rings. The molecule has 0 aliphatic carbocycles. The first kappa shape index (κ1) is 19.5. The molecule has 1 aliphatic heterocycles. The number of benzene rings is 1. The highest BCUT2D eigenvalue weighted by molar-refractivity contribution is 7.14. The largest absolute Gasteiger partial charge is 0.326 e. The zero-order chi connectivity index (χ0) is 19.2. The summed E-state index contributed by atoms with van der Waals surface area (Å²) in [7, 11) is 0. The topological polar surface area (TPSA) is 83.1 Å². The monoisotopic (exact) mass is 386 g/mol. The van der Waals surface area contributed by atoms with Crippen molar-refractivity contribution in [1.82, 2.24) is 10.3 Å². The van der Waals surface area contributed by atoms with Gasteiger partial charge in [-0.05, 0) is 49.9 Å². The number of amides is 2. The van der Waals surface area contributed by atoms with Crippen LogP contribution in [-0.2, 0) is 9.59 Å². The SMILES string of the molecule is CC(=O)Nc1ccc(-c2csc(NC(=O)CC(C)C3CCCNC3)n2)cc1. The van der Waals surface area contributed by atoms with Gasteiger partial charge in [-0.2, -0.15) is 0 Å². The molecule has 0 radical (unpaired) electrons. The summed E-state index contributed by atoms with van der Waals surface area (Å²) >= 11 is 1.43. The summed E-state index contributed by atoms with van der Waals surface area (Å²) in [4.78, 5) is 28.0. The second kappa shape index (κ2) is 9.10. The molecule has 6 nitrogen and oxygen atoms in total.